The first-order valence-corrected chi connectivity index (χ1v) is 10.1. The molecule has 0 bridgehead atoms. The standard InChI is InChI=1S/C19H22N2O3S/c1-14-8-9-17(12-15(14)2)21(25(3,23)24)13-19(22)20-11-10-16-6-4-5-7-18(16)20/h4-9,12H,10-11,13H2,1-3H3. The molecule has 0 aliphatic carbocycles. The number of anilines is 2. The van der Waals surface area contributed by atoms with Crippen molar-refractivity contribution in [1.82, 2.24) is 0 Å². The van der Waals surface area contributed by atoms with E-state index in [1.165, 1.54) is 4.31 Å². The van der Waals surface area contributed by atoms with Crippen molar-refractivity contribution in [3.8, 4) is 0 Å². The molecule has 1 aliphatic rings. The van der Waals surface area contributed by atoms with Gasteiger partial charge >= 0.3 is 0 Å². The van der Waals surface area contributed by atoms with Crippen molar-refractivity contribution in [3.05, 3.63) is 59.2 Å². The summed E-state index contributed by atoms with van der Waals surface area (Å²) >= 11 is 0. The summed E-state index contributed by atoms with van der Waals surface area (Å²) in [5.41, 5.74) is 4.59. The van der Waals surface area contributed by atoms with Gasteiger partial charge in [-0.25, -0.2) is 8.42 Å². The second kappa shape index (κ2) is 6.52. The molecule has 25 heavy (non-hydrogen) atoms. The van der Waals surface area contributed by atoms with Gasteiger partial charge in [0, 0.05) is 12.2 Å². The number of aryl methyl sites for hydroxylation is 2. The first-order valence-electron chi connectivity index (χ1n) is 8.20. The van der Waals surface area contributed by atoms with Gasteiger partial charge in [0.2, 0.25) is 15.9 Å². The van der Waals surface area contributed by atoms with Crippen LogP contribution in [0.5, 0.6) is 0 Å². The van der Waals surface area contributed by atoms with Crippen molar-refractivity contribution in [3.63, 3.8) is 0 Å². The maximum Gasteiger partial charge on any atom is 0.247 e. The van der Waals surface area contributed by atoms with E-state index in [9.17, 15) is 13.2 Å². The Morgan fingerprint density at radius 1 is 1.12 bits per heavy atom. The monoisotopic (exact) mass is 358 g/mol. The van der Waals surface area contributed by atoms with Crippen molar-refractivity contribution in [2.75, 3.05) is 28.6 Å². The average Bonchev–Trinajstić information content (AvgIpc) is 2.98. The molecule has 0 radical (unpaired) electrons. The number of benzene rings is 2. The van der Waals surface area contributed by atoms with E-state index in [1.54, 1.807) is 11.0 Å². The third-order valence-electron chi connectivity index (χ3n) is 4.65. The SMILES string of the molecule is Cc1ccc(N(CC(=O)N2CCc3ccccc32)S(C)(=O)=O)cc1C. The molecule has 0 saturated heterocycles. The number of para-hydroxylation sites is 1. The summed E-state index contributed by atoms with van der Waals surface area (Å²) in [5.74, 6) is -0.214. The molecule has 0 saturated carbocycles. The second-order valence-corrected chi connectivity index (χ2v) is 8.37. The molecule has 1 heterocycles. The van der Waals surface area contributed by atoms with E-state index >= 15 is 0 Å². The molecular formula is C19H22N2O3S. The third-order valence-corrected chi connectivity index (χ3v) is 5.79. The molecule has 5 nitrogen and oxygen atoms in total. The summed E-state index contributed by atoms with van der Waals surface area (Å²) < 4.78 is 25.7. The Hall–Kier alpha value is -2.34. The summed E-state index contributed by atoms with van der Waals surface area (Å²) in [6.45, 7) is 4.28. The zero-order valence-corrected chi connectivity index (χ0v) is 15.5. The average molecular weight is 358 g/mol. The number of amides is 1. The minimum Gasteiger partial charge on any atom is -0.310 e. The van der Waals surface area contributed by atoms with Gasteiger partial charge < -0.3 is 4.90 Å². The molecule has 6 heteroatoms. The largest absolute Gasteiger partial charge is 0.310 e. The van der Waals surface area contributed by atoms with Gasteiger partial charge in [-0.15, -0.1) is 0 Å². The molecule has 2 aromatic carbocycles. The van der Waals surface area contributed by atoms with Gasteiger partial charge in [-0.05, 0) is 55.2 Å². The Bertz CT molecular complexity index is 922. The molecular weight excluding hydrogens is 336 g/mol. The van der Waals surface area contributed by atoms with Crippen LogP contribution in [0.1, 0.15) is 16.7 Å². The number of hydrogen-bond acceptors (Lipinski definition) is 3. The fraction of sp³-hybridized carbons (Fsp3) is 0.316. The molecule has 0 fully saturated rings. The number of sulfonamides is 1. The fourth-order valence-corrected chi connectivity index (χ4v) is 3.93. The molecule has 0 aromatic heterocycles. The molecule has 1 aliphatic heterocycles. The van der Waals surface area contributed by atoms with Crippen LogP contribution in [0.4, 0.5) is 11.4 Å². The minimum atomic E-state index is -3.56. The van der Waals surface area contributed by atoms with Crippen LogP contribution in [0.15, 0.2) is 42.5 Å². The van der Waals surface area contributed by atoms with Gasteiger partial charge in [0.05, 0.1) is 11.9 Å². The molecule has 3 rings (SSSR count). The van der Waals surface area contributed by atoms with Crippen molar-refractivity contribution in [2.45, 2.75) is 20.3 Å². The Labute approximate surface area is 148 Å². The van der Waals surface area contributed by atoms with Crippen LogP contribution < -0.4 is 9.21 Å². The zero-order valence-electron chi connectivity index (χ0n) is 14.7. The Balaban J connectivity index is 1.89. The molecule has 132 valence electrons. The number of nitrogens with zero attached hydrogens (tertiary/aromatic N) is 2. The van der Waals surface area contributed by atoms with Crippen LogP contribution in [0.3, 0.4) is 0 Å². The normalized spacial score (nSPS) is 13.6. The van der Waals surface area contributed by atoms with Crippen molar-refractivity contribution in [1.29, 1.82) is 0 Å². The van der Waals surface area contributed by atoms with E-state index in [0.717, 1.165) is 35.1 Å². The maximum atomic E-state index is 12.8. The van der Waals surface area contributed by atoms with Crippen molar-refractivity contribution < 1.29 is 13.2 Å². The number of carbonyl (C=O) groups is 1. The number of fused-ring (bicyclic) bond motifs is 1. The lowest BCUT2D eigenvalue weighted by atomic mass is 10.1. The van der Waals surface area contributed by atoms with E-state index in [-0.39, 0.29) is 12.5 Å². The van der Waals surface area contributed by atoms with Crippen LogP contribution in [0.25, 0.3) is 0 Å². The summed E-state index contributed by atoms with van der Waals surface area (Å²) in [7, 11) is -3.56. The first kappa shape index (κ1) is 17.5. The Kier molecular flexibility index (Phi) is 4.56. The lowest BCUT2D eigenvalue weighted by Crippen LogP contribution is -2.42. The van der Waals surface area contributed by atoms with E-state index in [2.05, 4.69) is 0 Å². The van der Waals surface area contributed by atoms with E-state index < -0.39 is 10.0 Å². The maximum absolute atomic E-state index is 12.8. The van der Waals surface area contributed by atoms with Crippen molar-refractivity contribution in [2.24, 2.45) is 0 Å². The topological polar surface area (TPSA) is 57.7 Å². The Morgan fingerprint density at radius 3 is 2.52 bits per heavy atom. The molecule has 0 unspecified atom stereocenters. The highest BCUT2D eigenvalue weighted by Crippen LogP contribution is 2.28. The molecule has 1 amide bonds. The van der Waals surface area contributed by atoms with Crippen LogP contribution >= 0.6 is 0 Å². The van der Waals surface area contributed by atoms with Crippen LogP contribution in [-0.2, 0) is 21.2 Å². The van der Waals surface area contributed by atoms with Gasteiger partial charge in [0.25, 0.3) is 0 Å². The quantitative estimate of drug-likeness (QED) is 0.844. The van der Waals surface area contributed by atoms with E-state index in [4.69, 9.17) is 0 Å². The van der Waals surface area contributed by atoms with Crippen LogP contribution in [-0.4, -0.2) is 33.7 Å². The van der Waals surface area contributed by atoms with Crippen LogP contribution in [0, 0.1) is 13.8 Å². The second-order valence-electron chi connectivity index (χ2n) is 6.46. The van der Waals surface area contributed by atoms with Gasteiger partial charge in [0.15, 0.2) is 0 Å². The minimum absolute atomic E-state index is 0.199. The highest BCUT2D eigenvalue weighted by Gasteiger charge is 2.28. The molecule has 2 aromatic rings. The molecule has 0 spiro atoms. The zero-order chi connectivity index (χ0) is 18.2. The summed E-state index contributed by atoms with van der Waals surface area (Å²) in [5, 5.41) is 0. The smallest absolute Gasteiger partial charge is 0.247 e. The first-order chi connectivity index (χ1) is 11.8. The van der Waals surface area contributed by atoms with Gasteiger partial charge in [-0.2, -0.15) is 0 Å². The lowest BCUT2D eigenvalue weighted by Gasteiger charge is -2.26. The highest BCUT2D eigenvalue weighted by molar-refractivity contribution is 7.92. The third kappa shape index (κ3) is 3.54. The lowest BCUT2D eigenvalue weighted by molar-refractivity contribution is -0.117. The number of carbonyl (C=O) groups excluding carboxylic acids is 1. The van der Waals surface area contributed by atoms with Crippen molar-refractivity contribution >= 4 is 27.3 Å². The molecule has 0 N–H and O–H groups in total. The number of rotatable bonds is 4. The summed E-state index contributed by atoms with van der Waals surface area (Å²) in [6.07, 6.45) is 1.93. The van der Waals surface area contributed by atoms with Crippen LogP contribution in [0.2, 0.25) is 0 Å². The van der Waals surface area contributed by atoms with Gasteiger partial charge in [0.1, 0.15) is 6.54 Å². The summed E-state index contributed by atoms with van der Waals surface area (Å²) in [6, 6.07) is 13.2. The highest BCUT2D eigenvalue weighted by atomic mass is 32.2. The predicted octanol–water partition coefficient (Wildman–Crippen LogP) is 2.66. The number of hydrogen-bond donors (Lipinski definition) is 0. The predicted molar refractivity (Wildman–Crippen MR) is 101 cm³/mol. The summed E-state index contributed by atoms with van der Waals surface area (Å²) in [4.78, 5) is 14.5. The van der Waals surface area contributed by atoms with Gasteiger partial charge in [-0.3, -0.25) is 9.10 Å². The van der Waals surface area contributed by atoms with E-state index in [0.29, 0.717) is 12.2 Å². The van der Waals surface area contributed by atoms with E-state index in [1.807, 2.05) is 50.2 Å². The van der Waals surface area contributed by atoms with Gasteiger partial charge in [-0.1, -0.05) is 24.3 Å². The molecule has 0 atom stereocenters. The Morgan fingerprint density at radius 2 is 1.84 bits per heavy atom. The fourth-order valence-electron chi connectivity index (χ4n) is 3.09.